The Kier molecular flexibility index (Phi) is 5.74. The number of rotatable bonds is 8. The molecule has 1 aromatic heterocycles. The lowest BCUT2D eigenvalue weighted by atomic mass is 10.3. The minimum absolute atomic E-state index is 0.322. The molecule has 0 aliphatic heterocycles. The lowest BCUT2D eigenvalue weighted by Gasteiger charge is -2.11. The summed E-state index contributed by atoms with van der Waals surface area (Å²) in [6.07, 6.45) is 1.85. The first-order valence-electron chi connectivity index (χ1n) is 7.82. The number of ether oxygens (including phenoxy) is 2. The van der Waals surface area contributed by atoms with E-state index in [4.69, 9.17) is 9.47 Å². The Morgan fingerprint density at radius 2 is 1.76 bits per heavy atom. The highest BCUT2D eigenvalue weighted by Gasteiger charge is 2.14. The summed E-state index contributed by atoms with van der Waals surface area (Å²) in [5, 5.41) is 9.42. The molecular formula is C19H19N3O2S. The van der Waals surface area contributed by atoms with Crippen LogP contribution >= 0.6 is 11.8 Å². The monoisotopic (exact) mass is 353 g/mol. The first kappa shape index (κ1) is 17.1. The fraction of sp³-hybridized carbons (Fsp3) is 0.158. The predicted octanol–water partition coefficient (Wildman–Crippen LogP) is 4.13. The van der Waals surface area contributed by atoms with Gasteiger partial charge in [0.1, 0.15) is 18.1 Å². The van der Waals surface area contributed by atoms with Crippen LogP contribution in [-0.4, -0.2) is 27.6 Å². The number of thioether (sulfide) groups is 1. The van der Waals surface area contributed by atoms with Crippen LogP contribution < -0.4 is 9.47 Å². The second-order valence-electron chi connectivity index (χ2n) is 5.13. The molecule has 0 radical (unpaired) electrons. The van der Waals surface area contributed by atoms with Gasteiger partial charge in [0.25, 0.3) is 0 Å². The average molecular weight is 353 g/mol. The molecule has 25 heavy (non-hydrogen) atoms. The fourth-order valence-electron chi connectivity index (χ4n) is 2.28. The van der Waals surface area contributed by atoms with Crippen molar-refractivity contribution < 1.29 is 9.47 Å². The summed E-state index contributed by atoms with van der Waals surface area (Å²) in [6, 6.07) is 17.5. The van der Waals surface area contributed by atoms with E-state index in [-0.39, 0.29) is 0 Å². The van der Waals surface area contributed by atoms with Crippen LogP contribution in [0.15, 0.2) is 72.4 Å². The molecule has 0 fully saturated rings. The smallest absolute Gasteiger partial charge is 0.196 e. The maximum Gasteiger partial charge on any atom is 0.196 e. The number of para-hydroxylation sites is 1. The highest BCUT2D eigenvalue weighted by molar-refractivity contribution is 7.99. The van der Waals surface area contributed by atoms with E-state index in [0.29, 0.717) is 6.61 Å². The molecular weight excluding hydrogens is 334 g/mol. The van der Waals surface area contributed by atoms with Gasteiger partial charge in [-0.3, -0.25) is 4.57 Å². The van der Waals surface area contributed by atoms with Crippen molar-refractivity contribution in [3.63, 3.8) is 0 Å². The molecule has 0 N–H and O–H groups in total. The topological polar surface area (TPSA) is 49.2 Å². The van der Waals surface area contributed by atoms with E-state index in [2.05, 4.69) is 16.8 Å². The standard InChI is InChI=1S/C19H19N3O2S/c1-3-13-25-19-21-20-18(22(19)15-7-5-4-6-8-15)14-24-17-11-9-16(23-2)10-12-17/h3-12H,1,13-14H2,2H3. The van der Waals surface area contributed by atoms with Gasteiger partial charge in [0.2, 0.25) is 0 Å². The summed E-state index contributed by atoms with van der Waals surface area (Å²) in [5.74, 6) is 3.06. The van der Waals surface area contributed by atoms with Crippen LogP contribution in [0.25, 0.3) is 5.69 Å². The van der Waals surface area contributed by atoms with Gasteiger partial charge in [0, 0.05) is 11.4 Å². The number of hydrogen-bond acceptors (Lipinski definition) is 5. The van der Waals surface area contributed by atoms with Crippen LogP contribution in [0.2, 0.25) is 0 Å². The van der Waals surface area contributed by atoms with Gasteiger partial charge in [-0.25, -0.2) is 0 Å². The van der Waals surface area contributed by atoms with Gasteiger partial charge in [0.05, 0.1) is 7.11 Å². The normalized spacial score (nSPS) is 10.4. The molecule has 0 unspecified atom stereocenters. The quantitative estimate of drug-likeness (QED) is 0.450. The molecule has 0 aliphatic carbocycles. The van der Waals surface area contributed by atoms with E-state index in [1.165, 1.54) is 0 Å². The Morgan fingerprint density at radius 1 is 1.04 bits per heavy atom. The third kappa shape index (κ3) is 4.22. The minimum atomic E-state index is 0.322. The maximum absolute atomic E-state index is 5.86. The van der Waals surface area contributed by atoms with E-state index in [1.54, 1.807) is 18.9 Å². The molecule has 0 atom stereocenters. The second-order valence-corrected chi connectivity index (χ2v) is 6.12. The molecule has 3 rings (SSSR count). The summed E-state index contributed by atoms with van der Waals surface area (Å²) in [5.41, 5.74) is 1.01. The van der Waals surface area contributed by atoms with Crippen LogP contribution in [0.1, 0.15) is 5.82 Å². The average Bonchev–Trinajstić information content (AvgIpc) is 3.08. The third-order valence-corrected chi connectivity index (χ3v) is 4.40. The Hall–Kier alpha value is -2.73. The Balaban J connectivity index is 1.82. The number of hydrogen-bond donors (Lipinski definition) is 0. The molecule has 2 aromatic carbocycles. The highest BCUT2D eigenvalue weighted by Crippen LogP contribution is 2.23. The summed E-state index contributed by atoms with van der Waals surface area (Å²) < 4.78 is 13.0. The molecule has 0 saturated heterocycles. The molecule has 0 bridgehead atoms. The van der Waals surface area contributed by atoms with Crippen molar-refractivity contribution in [2.45, 2.75) is 11.8 Å². The molecule has 0 saturated carbocycles. The Bertz CT molecular complexity index is 816. The van der Waals surface area contributed by atoms with Crippen LogP contribution in [0.3, 0.4) is 0 Å². The van der Waals surface area contributed by atoms with E-state index < -0.39 is 0 Å². The molecule has 0 amide bonds. The van der Waals surface area contributed by atoms with E-state index in [1.807, 2.05) is 65.2 Å². The minimum Gasteiger partial charge on any atom is -0.497 e. The van der Waals surface area contributed by atoms with E-state index in [0.717, 1.165) is 33.9 Å². The van der Waals surface area contributed by atoms with Crippen molar-refractivity contribution in [3.8, 4) is 17.2 Å². The van der Waals surface area contributed by atoms with Crippen LogP contribution in [0, 0.1) is 0 Å². The van der Waals surface area contributed by atoms with Gasteiger partial charge in [-0.1, -0.05) is 36.0 Å². The molecule has 0 spiro atoms. The summed E-state index contributed by atoms with van der Waals surface area (Å²) in [7, 11) is 1.64. The molecule has 1 heterocycles. The molecule has 0 aliphatic rings. The second kappa shape index (κ2) is 8.39. The first-order chi connectivity index (χ1) is 12.3. The Labute approximate surface area is 151 Å². The zero-order valence-corrected chi connectivity index (χ0v) is 14.8. The van der Waals surface area contributed by atoms with E-state index >= 15 is 0 Å². The largest absolute Gasteiger partial charge is 0.497 e. The van der Waals surface area contributed by atoms with Gasteiger partial charge >= 0.3 is 0 Å². The van der Waals surface area contributed by atoms with Gasteiger partial charge in [-0.15, -0.1) is 16.8 Å². The van der Waals surface area contributed by atoms with Crippen molar-refractivity contribution in [2.75, 3.05) is 12.9 Å². The summed E-state index contributed by atoms with van der Waals surface area (Å²) in [6.45, 7) is 4.08. The first-order valence-corrected chi connectivity index (χ1v) is 8.80. The maximum atomic E-state index is 5.86. The van der Waals surface area contributed by atoms with Gasteiger partial charge in [0.15, 0.2) is 11.0 Å². The number of aromatic nitrogens is 3. The molecule has 6 heteroatoms. The fourth-order valence-corrected chi connectivity index (χ4v) is 2.98. The van der Waals surface area contributed by atoms with Crippen molar-refractivity contribution >= 4 is 11.8 Å². The summed E-state index contributed by atoms with van der Waals surface area (Å²) >= 11 is 1.59. The molecule has 3 aromatic rings. The summed E-state index contributed by atoms with van der Waals surface area (Å²) in [4.78, 5) is 0. The van der Waals surface area contributed by atoms with Crippen LogP contribution in [0.4, 0.5) is 0 Å². The number of nitrogens with zero attached hydrogens (tertiary/aromatic N) is 3. The third-order valence-electron chi connectivity index (χ3n) is 3.47. The van der Waals surface area contributed by atoms with Gasteiger partial charge < -0.3 is 9.47 Å². The zero-order valence-electron chi connectivity index (χ0n) is 14.0. The van der Waals surface area contributed by atoms with Crippen molar-refractivity contribution in [1.82, 2.24) is 14.8 Å². The lowest BCUT2D eigenvalue weighted by Crippen LogP contribution is -2.06. The SMILES string of the molecule is C=CCSc1nnc(COc2ccc(OC)cc2)n1-c1ccccc1. The lowest BCUT2D eigenvalue weighted by molar-refractivity contribution is 0.292. The number of methoxy groups -OCH3 is 1. The van der Waals surface area contributed by atoms with Crippen molar-refractivity contribution in [1.29, 1.82) is 0 Å². The van der Waals surface area contributed by atoms with E-state index in [9.17, 15) is 0 Å². The predicted molar refractivity (Wildman–Crippen MR) is 99.6 cm³/mol. The van der Waals surface area contributed by atoms with Gasteiger partial charge in [-0.2, -0.15) is 0 Å². The van der Waals surface area contributed by atoms with Gasteiger partial charge in [-0.05, 0) is 36.4 Å². The highest BCUT2D eigenvalue weighted by atomic mass is 32.2. The zero-order chi connectivity index (χ0) is 17.5. The molecule has 128 valence electrons. The van der Waals surface area contributed by atoms with Crippen molar-refractivity contribution in [2.24, 2.45) is 0 Å². The molecule has 5 nitrogen and oxygen atoms in total. The number of benzene rings is 2. The van der Waals surface area contributed by atoms with Crippen molar-refractivity contribution in [3.05, 3.63) is 73.1 Å². The Morgan fingerprint density at radius 3 is 2.44 bits per heavy atom. The van der Waals surface area contributed by atoms with Crippen LogP contribution in [0.5, 0.6) is 11.5 Å². The van der Waals surface area contributed by atoms with Crippen LogP contribution in [-0.2, 0) is 6.61 Å².